The van der Waals surface area contributed by atoms with E-state index in [1.165, 1.54) is 0 Å². The average Bonchev–Trinajstić information content (AvgIpc) is 3.17. The van der Waals surface area contributed by atoms with Gasteiger partial charge >= 0.3 is 5.97 Å². The van der Waals surface area contributed by atoms with Crippen LogP contribution in [0.15, 0.2) is 30.3 Å². The molecule has 1 aromatic rings. The summed E-state index contributed by atoms with van der Waals surface area (Å²) in [6.07, 6.45) is 4.41. The van der Waals surface area contributed by atoms with Gasteiger partial charge in [-0.05, 0) is 11.5 Å². The van der Waals surface area contributed by atoms with Crippen LogP contribution in [0.25, 0.3) is 0 Å². The molecule has 1 heterocycles. The van der Waals surface area contributed by atoms with Gasteiger partial charge in [0.15, 0.2) is 6.10 Å². The van der Waals surface area contributed by atoms with Gasteiger partial charge in [-0.2, -0.15) is 0 Å². The summed E-state index contributed by atoms with van der Waals surface area (Å²) in [5.41, 5.74) is -1.19. The largest absolute Gasteiger partial charge is 0.837 e. The predicted molar refractivity (Wildman–Crippen MR) is 86.4 cm³/mol. The van der Waals surface area contributed by atoms with E-state index in [2.05, 4.69) is 14.1 Å². The molecule has 0 amide bonds. The second-order valence-electron chi connectivity index (χ2n) is 7.74. The topological polar surface area (TPSA) is 49.4 Å². The Kier molecular flexibility index (Phi) is 4.47. The number of carbonyl (C=O) groups excluding carboxylic acids is 1. The van der Waals surface area contributed by atoms with Gasteiger partial charge < -0.3 is 14.3 Å². The van der Waals surface area contributed by atoms with Crippen molar-refractivity contribution in [3.05, 3.63) is 35.9 Å². The zero-order chi connectivity index (χ0) is 16.5. The Morgan fingerprint density at radius 3 is 2.39 bits per heavy atom. The lowest BCUT2D eigenvalue weighted by Gasteiger charge is -2.44. The van der Waals surface area contributed by atoms with Crippen molar-refractivity contribution in [3.8, 4) is 0 Å². The smallest absolute Gasteiger partial charge is 0.300 e. The fourth-order valence-electron chi connectivity index (χ4n) is 4.10. The molecular formula is C19H27NO3. The highest BCUT2D eigenvalue weighted by Crippen LogP contribution is 2.40. The minimum absolute atomic E-state index is 0.129. The highest BCUT2D eigenvalue weighted by Gasteiger charge is 2.42. The lowest BCUT2D eigenvalue weighted by atomic mass is 9.80. The summed E-state index contributed by atoms with van der Waals surface area (Å²) in [5, 5.41) is 13.7. The maximum absolute atomic E-state index is 13.7. The van der Waals surface area contributed by atoms with E-state index in [1.54, 1.807) is 12.1 Å². The van der Waals surface area contributed by atoms with Crippen molar-refractivity contribution in [3.63, 3.8) is 0 Å². The molecule has 0 N–H and O–H groups in total. The van der Waals surface area contributed by atoms with Gasteiger partial charge in [-0.15, -0.1) is 0 Å². The number of hydrogen-bond acceptors (Lipinski definition) is 3. The first-order valence-corrected chi connectivity index (χ1v) is 8.71. The molecule has 4 heteroatoms. The zero-order valence-electron chi connectivity index (χ0n) is 14.2. The van der Waals surface area contributed by atoms with Crippen LogP contribution in [0.3, 0.4) is 0 Å². The SMILES string of the molecule is C[N+]1(C)CC[C@@H](OC(=O)[C@]([O-])(c2ccccc2)C2CCCC2)C1. The normalized spacial score (nSPS) is 26.8. The first kappa shape index (κ1) is 16.5. The Labute approximate surface area is 138 Å². The lowest BCUT2D eigenvalue weighted by molar-refractivity contribution is -0.879. The molecule has 0 spiro atoms. The van der Waals surface area contributed by atoms with Gasteiger partial charge in [0.1, 0.15) is 6.54 Å². The van der Waals surface area contributed by atoms with Crippen molar-refractivity contribution in [2.45, 2.75) is 43.8 Å². The van der Waals surface area contributed by atoms with Gasteiger partial charge in [-0.25, -0.2) is 0 Å². The average molecular weight is 317 g/mol. The number of benzene rings is 1. The van der Waals surface area contributed by atoms with Gasteiger partial charge in [0.2, 0.25) is 0 Å². The molecule has 1 aliphatic heterocycles. The number of ether oxygens (including phenoxy) is 1. The third-order valence-electron chi connectivity index (χ3n) is 5.46. The molecular weight excluding hydrogens is 290 g/mol. The molecule has 126 valence electrons. The third kappa shape index (κ3) is 3.29. The maximum Gasteiger partial charge on any atom is 0.300 e. The summed E-state index contributed by atoms with van der Waals surface area (Å²) < 4.78 is 6.56. The van der Waals surface area contributed by atoms with Gasteiger partial charge in [0.05, 0.1) is 20.6 Å². The molecule has 1 aliphatic carbocycles. The van der Waals surface area contributed by atoms with E-state index in [1.807, 2.05) is 18.2 Å². The number of quaternary nitrogens is 1. The first-order chi connectivity index (χ1) is 10.9. The summed E-state index contributed by atoms with van der Waals surface area (Å²) in [6.45, 7) is 1.78. The molecule has 2 aliphatic rings. The van der Waals surface area contributed by atoms with E-state index in [0.29, 0.717) is 5.56 Å². The second-order valence-corrected chi connectivity index (χ2v) is 7.74. The molecule has 2 atom stereocenters. The van der Waals surface area contributed by atoms with Crippen LogP contribution in [-0.2, 0) is 15.1 Å². The van der Waals surface area contributed by atoms with Crippen molar-refractivity contribution in [2.75, 3.05) is 27.2 Å². The Balaban J connectivity index is 1.82. The molecule has 1 saturated carbocycles. The molecule has 0 unspecified atom stereocenters. The summed E-state index contributed by atoms with van der Waals surface area (Å²) in [4.78, 5) is 12.9. The van der Waals surface area contributed by atoms with Gasteiger partial charge in [0.25, 0.3) is 0 Å². The Bertz CT molecular complexity index is 551. The zero-order valence-corrected chi connectivity index (χ0v) is 14.2. The van der Waals surface area contributed by atoms with Crippen molar-refractivity contribution < 1.29 is 19.1 Å². The van der Waals surface area contributed by atoms with Gasteiger partial charge in [0, 0.05) is 12.0 Å². The number of rotatable bonds is 4. The Hall–Kier alpha value is -1.39. The van der Waals surface area contributed by atoms with E-state index >= 15 is 0 Å². The summed E-state index contributed by atoms with van der Waals surface area (Å²) >= 11 is 0. The van der Waals surface area contributed by atoms with Crippen LogP contribution in [-0.4, -0.2) is 43.7 Å². The number of likely N-dealkylation sites (tertiary alicyclic amines) is 1. The van der Waals surface area contributed by atoms with Gasteiger partial charge in [-0.1, -0.05) is 56.0 Å². The van der Waals surface area contributed by atoms with Crippen LogP contribution in [0.4, 0.5) is 0 Å². The minimum Gasteiger partial charge on any atom is -0.837 e. The van der Waals surface area contributed by atoms with E-state index in [4.69, 9.17) is 4.74 Å². The maximum atomic E-state index is 13.7. The molecule has 1 aromatic carbocycles. The molecule has 23 heavy (non-hydrogen) atoms. The summed E-state index contributed by atoms with van der Waals surface area (Å²) in [6, 6.07) is 9.10. The van der Waals surface area contributed by atoms with Crippen LogP contribution in [0.2, 0.25) is 0 Å². The summed E-state index contributed by atoms with van der Waals surface area (Å²) in [5.74, 6) is -0.719. The van der Waals surface area contributed by atoms with Crippen LogP contribution in [0.1, 0.15) is 37.7 Å². The van der Waals surface area contributed by atoms with E-state index < -0.39 is 11.6 Å². The number of likely N-dealkylation sites (N-methyl/N-ethyl adjacent to an activating group) is 1. The lowest BCUT2D eigenvalue weighted by Crippen LogP contribution is -2.55. The van der Waals surface area contributed by atoms with Crippen molar-refractivity contribution in [2.24, 2.45) is 5.92 Å². The standard InChI is InChI=1S/C19H27NO3/c1-20(2)13-12-17(14-20)23-18(21)19(22,16-10-6-7-11-16)15-8-4-3-5-9-15/h3-5,8-9,16-17H,6-7,10-14H2,1-2H3/t17-,19+/m1/s1. The first-order valence-electron chi connectivity index (χ1n) is 8.71. The van der Waals surface area contributed by atoms with Gasteiger partial charge in [-0.3, -0.25) is 4.79 Å². The predicted octanol–water partition coefficient (Wildman–Crippen LogP) is 1.82. The van der Waals surface area contributed by atoms with Crippen molar-refractivity contribution in [1.82, 2.24) is 0 Å². The highest BCUT2D eigenvalue weighted by atomic mass is 16.6. The van der Waals surface area contributed by atoms with Crippen LogP contribution in [0, 0.1) is 5.92 Å². The molecule has 3 rings (SSSR count). The Morgan fingerprint density at radius 2 is 1.83 bits per heavy atom. The highest BCUT2D eigenvalue weighted by molar-refractivity contribution is 5.81. The second kappa shape index (κ2) is 6.25. The van der Waals surface area contributed by atoms with Crippen molar-refractivity contribution >= 4 is 5.97 Å². The third-order valence-corrected chi connectivity index (χ3v) is 5.46. The molecule has 4 nitrogen and oxygen atoms in total. The van der Waals surface area contributed by atoms with Crippen molar-refractivity contribution in [1.29, 1.82) is 0 Å². The van der Waals surface area contributed by atoms with E-state index in [-0.39, 0.29) is 12.0 Å². The van der Waals surface area contributed by atoms with E-state index in [0.717, 1.165) is 49.7 Å². The minimum atomic E-state index is -1.75. The van der Waals surface area contributed by atoms with Crippen LogP contribution in [0.5, 0.6) is 0 Å². The number of esters is 1. The monoisotopic (exact) mass is 317 g/mol. The quantitative estimate of drug-likeness (QED) is 0.629. The molecule has 0 radical (unpaired) electrons. The van der Waals surface area contributed by atoms with Crippen LogP contribution >= 0.6 is 0 Å². The molecule has 2 fully saturated rings. The fourth-order valence-corrected chi connectivity index (χ4v) is 4.10. The number of carbonyl (C=O) groups is 1. The molecule has 1 saturated heterocycles. The number of hydrogen-bond donors (Lipinski definition) is 0. The fraction of sp³-hybridized carbons (Fsp3) is 0.632. The summed E-state index contributed by atoms with van der Waals surface area (Å²) in [7, 11) is 4.26. The van der Waals surface area contributed by atoms with Crippen LogP contribution < -0.4 is 5.11 Å². The Morgan fingerprint density at radius 1 is 1.17 bits per heavy atom. The van der Waals surface area contributed by atoms with E-state index in [9.17, 15) is 9.90 Å². The molecule has 0 aromatic heterocycles. The molecule has 0 bridgehead atoms. The number of nitrogens with zero attached hydrogens (tertiary/aromatic N) is 1.